The Balaban J connectivity index is 3.06. The molecule has 0 aliphatic heterocycles. The highest BCUT2D eigenvalue weighted by Crippen LogP contribution is 2.43. The summed E-state index contributed by atoms with van der Waals surface area (Å²) in [6.45, 7) is 0. The smallest absolute Gasteiger partial charge is 0.248 e. The van der Waals surface area contributed by atoms with E-state index >= 15 is 0 Å². The van der Waals surface area contributed by atoms with Crippen molar-refractivity contribution in [2.75, 3.05) is 7.11 Å². The van der Waals surface area contributed by atoms with Gasteiger partial charge in [-0.1, -0.05) is 34.8 Å². The van der Waals surface area contributed by atoms with Crippen molar-refractivity contribution in [3.05, 3.63) is 29.8 Å². The first-order valence-electron chi connectivity index (χ1n) is 3.95. The third-order valence-corrected chi connectivity index (χ3v) is 2.68. The molecule has 1 aromatic rings. The van der Waals surface area contributed by atoms with Gasteiger partial charge in [0.2, 0.25) is 9.58 Å². The van der Waals surface area contributed by atoms with Crippen LogP contribution in [0.2, 0.25) is 0 Å². The third kappa shape index (κ3) is 2.68. The molecule has 0 aromatic heterocycles. The van der Waals surface area contributed by atoms with E-state index in [9.17, 15) is 10.2 Å². The van der Waals surface area contributed by atoms with E-state index in [1.54, 1.807) is 0 Å². The van der Waals surface area contributed by atoms with E-state index in [-0.39, 0.29) is 5.56 Å². The molecule has 0 fully saturated rings. The molecule has 84 valence electrons. The maximum atomic E-state index is 9.60. The fraction of sp³-hybridized carbons (Fsp3) is 0.333. The highest BCUT2D eigenvalue weighted by atomic mass is 35.6. The Labute approximate surface area is 102 Å². The summed E-state index contributed by atoms with van der Waals surface area (Å²) in [7, 11) is 1.50. The number of hydrogen-bond acceptors (Lipinski definition) is 3. The Morgan fingerprint density at radius 3 is 1.87 bits per heavy atom. The molecule has 0 saturated carbocycles. The topological polar surface area (TPSA) is 49.7 Å². The van der Waals surface area contributed by atoms with Crippen LogP contribution in [0.3, 0.4) is 0 Å². The Kier molecular flexibility index (Phi) is 3.74. The molecule has 0 radical (unpaired) electrons. The molecule has 0 amide bonds. The van der Waals surface area contributed by atoms with Crippen LogP contribution in [0.5, 0.6) is 5.75 Å². The van der Waals surface area contributed by atoms with Crippen molar-refractivity contribution in [1.82, 2.24) is 0 Å². The largest absolute Gasteiger partial charge is 0.497 e. The first-order chi connectivity index (χ1) is 6.79. The van der Waals surface area contributed by atoms with Crippen LogP contribution < -0.4 is 4.74 Å². The Morgan fingerprint density at radius 1 is 1.07 bits per heavy atom. The molecule has 0 spiro atoms. The molecule has 0 aliphatic carbocycles. The van der Waals surface area contributed by atoms with Gasteiger partial charge in [0, 0.05) is 5.56 Å². The lowest BCUT2D eigenvalue weighted by atomic mass is 10.1. The van der Waals surface area contributed by atoms with Crippen LogP contribution in [0.1, 0.15) is 5.56 Å². The standard InChI is InChI=1S/C9H9Cl3O3/c1-15-7-4-2-6(3-5-7)8(13,14)9(10,11)12/h2-5,13-14H,1H3. The zero-order chi connectivity index (χ0) is 11.7. The summed E-state index contributed by atoms with van der Waals surface area (Å²) in [4.78, 5) is 0. The number of methoxy groups -OCH3 is 1. The molecule has 15 heavy (non-hydrogen) atoms. The predicted molar refractivity (Wildman–Crippen MR) is 59.4 cm³/mol. The number of halogens is 3. The van der Waals surface area contributed by atoms with Gasteiger partial charge < -0.3 is 14.9 Å². The van der Waals surface area contributed by atoms with E-state index in [4.69, 9.17) is 39.5 Å². The van der Waals surface area contributed by atoms with Crippen LogP contribution in [0.15, 0.2) is 24.3 Å². The zero-order valence-electron chi connectivity index (χ0n) is 7.75. The molecule has 0 saturated heterocycles. The summed E-state index contributed by atoms with van der Waals surface area (Å²) in [5, 5.41) is 19.2. The van der Waals surface area contributed by atoms with Gasteiger partial charge in [-0.05, 0) is 24.3 Å². The monoisotopic (exact) mass is 270 g/mol. The zero-order valence-corrected chi connectivity index (χ0v) is 10.0. The van der Waals surface area contributed by atoms with Gasteiger partial charge in [0.05, 0.1) is 7.11 Å². The van der Waals surface area contributed by atoms with Gasteiger partial charge in [-0.15, -0.1) is 0 Å². The molecule has 0 heterocycles. The minimum absolute atomic E-state index is 0.0725. The number of rotatable bonds is 2. The van der Waals surface area contributed by atoms with Crippen molar-refractivity contribution < 1.29 is 14.9 Å². The van der Waals surface area contributed by atoms with Crippen molar-refractivity contribution in [1.29, 1.82) is 0 Å². The van der Waals surface area contributed by atoms with Crippen LogP contribution in [0.4, 0.5) is 0 Å². The van der Waals surface area contributed by atoms with E-state index < -0.39 is 9.58 Å². The molecule has 2 N–H and O–H groups in total. The van der Waals surface area contributed by atoms with Crippen molar-refractivity contribution >= 4 is 34.8 Å². The summed E-state index contributed by atoms with van der Waals surface area (Å²) in [6, 6.07) is 5.88. The van der Waals surface area contributed by atoms with Crippen LogP contribution in [0.25, 0.3) is 0 Å². The van der Waals surface area contributed by atoms with E-state index in [0.29, 0.717) is 5.75 Å². The van der Waals surface area contributed by atoms with E-state index in [1.807, 2.05) is 0 Å². The Morgan fingerprint density at radius 2 is 1.53 bits per heavy atom. The van der Waals surface area contributed by atoms with Crippen LogP contribution in [0, 0.1) is 0 Å². The van der Waals surface area contributed by atoms with Crippen molar-refractivity contribution in [2.24, 2.45) is 0 Å². The average Bonchev–Trinajstić information content (AvgIpc) is 2.16. The first kappa shape index (κ1) is 12.9. The van der Waals surface area contributed by atoms with Crippen LogP contribution >= 0.6 is 34.8 Å². The molecule has 6 heteroatoms. The summed E-state index contributed by atoms with van der Waals surface area (Å²) in [6.07, 6.45) is 0. The number of aliphatic hydroxyl groups is 2. The minimum atomic E-state index is -2.54. The van der Waals surface area contributed by atoms with Gasteiger partial charge in [0.1, 0.15) is 5.75 Å². The normalized spacial score (nSPS) is 12.7. The fourth-order valence-corrected chi connectivity index (χ4v) is 1.31. The van der Waals surface area contributed by atoms with Gasteiger partial charge in [0.25, 0.3) is 0 Å². The molecule has 0 atom stereocenters. The second-order valence-corrected chi connectivity index (χ2v) is 5.18. The summed E-state index contributed by atoms with van der Waals surface area (Å²) in [5.41, 5.74) is 0.0725. The molecule has 0 aliphatic rings. The highest BCUT2D eigenvalue weighted by Gasteiger charge is 2.47. The second-order valence-electron chi connectivity index (χ2n) is 2.90. The maximum absolute atomic E-state index is 9.60. The Bertz CT molecular complexity index is 329. The van der Waals surface area contributed by atoms with Crippen LogP contribution in [-0.4, -0.2) is 21.1 Å². The van der Waals surface area contributed by atoms with E-state index in [0.717, 1.165) is 0 Å². The number of ether oxygens (including phenoxy) is 1. The molecule has 1 aromatic carbocycles. The van der Waals surface area contributed by atoms with E-state index in [1.165, 1.54) is 31.4 Å². The predicted octanol–water partition coefficient (Wildman–Crippen LogP) is 2.20. The van der Waals surface area contributed by atoms with Crippen molar-refractivity contribution in [3.8, 4) is 5.75 Å². The molecule has 0 unspecified atom stereocenters. The first-order valence-corrected chi connectivity index (χ1v) is 5.08. The number of benzene rings is 1. The van der Waals surface area contributed by atoms with Gasteiger partial charge in [0.15, 0.2) is 0 Å². The highest BCUT2D eigenvalue weighted by molar-refractivity contribution is 6.68. The maximum Gasteiger partial charge on any atom is 0.248 e. The number of hydrogen-bond donors (Lipinski definition) is 2. The lowest BCUT2D eigenvalue weighted by Crippen LogP contribution is -2.39. The molecule has 3 nitrogen and oxygen atoms in total. The van der Waals surface area contributed by atoms with Gasteiger partial charge >= 0.3 is 0 Å². The summed E-state index contributed by atoms with van der Waals surface area (Å²) < 4.78 is 2.68. The third-order valence-electron chi connectivity index (χ3n) is 1.89. The molecular weight excluding hydrogens is 262 g/mol. The summed E-state index contributed by atoms with van der Waals surface area (Å²) in [5.74, 6) is -1.97. The lowest BCUT2D eigenvalue weighted by Gasteiger charge is -2.29. The van der Waals surface area contributed by atoms with Crippen LogP contribution in [-0.2, 0) is 5.79 Å². The second kappa shape index (κ2) is 4.36. The van der Waals surface area contributed by atoms with Crippen molar-refractivity contribution in [3.63, 3.8) is 0 Å². The SMILES string of the molecule is COc1ccc(C(O)(O)C(Cl)(Cl)Cl)cc1. The van der Waals surface area contributed by atoms with Gasteiger partial charge in [-0.3, -0.25) is 0 Å². The minimum Gasteiger partial charge on any atom is -0.497 e. The number of alkyl halides is 3. The summed E-state index contributed by atoms with van der Waals surface area (Å²) >= 11 is 16.3. The molecular formula is C9H9Cl3O3. The van der Waals surface area contributed by atoms with Gasteiger partial charge in [-0.25, -0.2) is 0 Å². The lowest BCUT2D eigenvalue weighted by molar-refractivity contribution is -0.165. The molecule has 1 rings (SSSR count). The quantitative estimate of drug-likeness (QED) is 0.640. The fourth-order valence-electron chi connectivity index (χ4n) is 0.987. The average molecular weight is 272 g/mol. The Hall–Kier alpha value is -0.190. The van der Waals surface area contributed by atoms with Gasteiger partial charge in [-0.2, -0.15) is 0 Å². The van der Waals surface area contributed by atoms with Crippen molar-refractivity contribution in [2.45, 2.75) is 9.58 Å². The van der Waals surface area contributed by atoms with E-state index in [2.05, 4.69) is 0 Å². The molecule has 0 bridgehead atoms.